The van der Waals surface area contributed by atoms with E-state index >= 15 is 0 Å². The van der Waals surface area contributed by atoms with Crippen molar-refractivity contribution in [2.75, 3.05) is 19.4 Å². The first-order valence-electron chi connectivity index (χ1n) is 3.55. The molecule has 0 aliphatic rings. The van der Waals surface area contributed by atoms with Gasteiger partial charge in [-0.3, -0.25) is 11.3 Å². The van der Waals surface area contributed by atoms with Crippen LogP contribution >= 0.6 is 24.0 Å². The molecule has 0 aromatic heterocycles. The molecule has 0 spiro atoms. The molecule has 0 aliphatic carbocycles. The van der Waals surface area contributed by atoms with Gasteiger partial charge in [0.1, 0.15) is 0 Å². The zero-order valence-corrected chi connectivity index (χ0v) is 9.25. The van der Waals surface area contributed by atoms with Gasteiger partial charge in [0.2, 0.25) is 0 Å². The summed E-state index contributed by atoms with van der Waals surface area (Å²) in [4.78, 5) is 0. The van der Waals surface area contributed by atoms with Crippen LogP contribution in [0.15, 0.2) is 24.3 Å². The lowest BCUT2D eigenvalue weighted by Gasteiger charge is -1.96. The first kappa shape index (κ1) is 15.0. The molecule has 0 fully saturated rings. The van der Waals surface area contributed by atoms with Crippen molar-refractivity contribution in [3.05, 3.63) is 29.3 Å². The van der Waals surface area contributed by atoms with E-state index < -0.39 is 0 Å². The third-order valence-electron chi connectivity index (χ3n) is 1.13. The zero-order chi connectivity index (χ0) is 9.40. The molecule has 5 heteroatoms. The highest BCUT2D eigenvalue weighted by Gasteiger charge is 1.85. The van der Waals surface area contributed by atoms with Gasteiger partial charge in [-0.25, -0.2) is 0 Å². The summed E-state index contributed by atoms with van der Waals surface area (Å²) in [6.45, 7) is 0. The number of anilines is 1. The van der Waals surface area contributed by atoms with Crippen molar-refractivity contribution >= 4 is 29.7 Å². The molecule has 0 heterocycles. The summed E-state index contributed by atoms with van der Waals surface area (Å²) >= 11 is 5.64. The Labute approximate surface area is 90.0 Å². The summed E-state index contributed by atoms with van der Waals surface area (Å²) in [5, 5.41) is 3.77. The standard InChI is InChI=1S/C7H8ClN.CH6N2.ClH/c1-9-7-4-2-6(8)3-5-7;1-3-2;/h2-5,9H,1H3;3H,2H2,1H3;1H. The van der Waals surface area contributed by atoms with E-state index in [4.69, 9.17) is 11.6 Å². The number of benzene rings is 1. The first-order valence-corrected chi connectivity index (χ1v) is 3.93. The van der Waals surface area contributed by atoms with Gasteiger partial charge in [0.05, 0.1) is 0 Å². The Morgan fingerprint density at radius 1 is 1.15 bits per heavy atom. The lowest BCUT2D eigenvalue weighted by molar-refractivity contribution is 0.900. The molecule has 1 aromatic rings. The van der Waals surface area contributed by atoms with Crippen molar-refractivity contribution in [1.29, 1.82) is 0 Å². The molecule has 0 amide bonds. The van der Waals surface area contributed by atoms with Gasteiger partial charge in [-0.1, -0.05) is 11.6 Å². The molecule has 0 aliphatic heterocycles. The van der Waals surface area contributed by atoms with Crippen LogP contribution in [0.25, 0.3) is 0 Å². The van der Waals surface area contributed by atoms with E-state index in [1.165, 1.54) is 0 Å². The Balaban J connectivity index is 0. The van der Waals surface area contributed by atoms with Gasteiger partial charge < -0.3 is 5.32 Å². The molecule has 4 N–H and O–H groups in total. The van der Waals surface area contributed by atoms with Gasteiger partial charge in [-0.05, 0) is 31.3 Å². The highest BCUT2D eigenvalue weighted by atomic mass is 35.5. The number of nitrogens with one attached hydrogen (secondary N) is 2. The van der Waals surface area contributed by atoms with Crippen LogP contribution in [0, 0.1) is 0 Å². The smallest absolute Gasteiger partial charge is 0.0407 e. The second-order valence-electron chi connectivity index (χ2n) is 2.05. The summed E-state index contributed by atoms with van der Waals surface area (Å²) in [7, 11) is 3.53. The minimum Gasteiger partial charge on any atom is -0.388 e. The Hall–Kier alpha value is -0.480. The molecule has 0 atom stereocenters. The highest BCUT2D eigenvalue weighted by Crippen LogP contribution is 2.11. The van der Waals surface area contributed by atoms with E-state index in [0.717, 1.165) is 10.7 Å². The van der Waals surface area contributed by atoms with Crippen LogP contribution < -0.4 is 16.6 Å². The maximum atomic E-state index is 5.64. The van der Waals surface area contributed by atoms with Gasteiger partial charge in [-0.2, -0.15) is 0 Å². The van der Waals surface area contributed by atoms with Gasteiger partial charge in [0.15, 0.2) is 0 Å². The van der Waals surface area contributed by atoms with Crippen LogP contribution in [0.1, 0.15) is 0 Å². The predicted molar refractivity (Wildman–Crippen MR) is 61.5 cm³/mol. The molecule has 0 radical (unpaired) electrons. The summed E-state index contributed by atoms with van der Waals surface area (Å²) in [5.41, 5.74) is 3.33. The van der Waals surface area contributed by atoms with Crippen LogP contribution in [0.2, 0.25) is 5.02 Å². The average molecular weight is 224 g/mol. The van der Waals surface area contributed by atoms with Crippen molar-refractivity contribution in [3.8, 4) is 0 Å². The average Bonchev–Trinajstić information content (AvgIpc) is 2.07. The molecular formula is C8H15Cl2N3. The van der Waals surface area contributed by atoms with E-state index in [0.29, 0.717) is 0 Å². The summed E-state index contributed by atoms with van der Waals surface area (Å²) < 4.78 is 0. The molecule has 76 valence electrons. The number of halogens is 2. The molecule has 1 rings (SSSR count). The van der Waals surface area contributed by atoms with Gasteiger partial charge in [0.25, 0.3) is 0 Å². The molecule has 0 saturated carbocycles. The summed E-state index contributed by atoms with van der Waals surface area (Å²) in [5.74, 6) is 4.60. The van der Waals surface area contributed by atoms with Gasteiger partial charge >= 0.3 is 0 Å². The van der Waals surface area contributed by atoms with Crippen LogP contribution in [-0.4, -0.2) is 14.1 Å². The Kier molecular flexibility index (Phi) is 11.1. The van der Waals surface area contributed by atoms with E-state index in [2.05, 4.69) is 16.6 Å². The lowest BCUT2D eigenvalue weighted by atomic mass is 10.3. The van der Waals surface area contributed by atoms with Crippen molar-refractivity contribution in [2.24, 2.45) is 5.84 Å². The Morgan fingerprint density at radius 3 is 1.85 bits per heavy atom. The third kappa shape index (κ3) is 7.87. The Bertz CT molecular complexity index is 201. The quantitative estimate of drug-likeness (QED) is 0.504. The van der Waals surface area contributed by atoms with Crippen LogP contribution in [0.3, 0.4) is 0 Å². The van der Waals surface area contributed by atoms with Crippen LogP contribution in [0.5, 0.6) is 0 Å². The number of nitrogens with two attached hydrogens (primary N) is 1. The summed E-state index contributed by atoms with van der Waals surface area (Å²) in [6, 6.07) is 7.57. The Morgan fingerprint density at radius 2 is 1.54 bits per heavy atom. The summed E-state index contributed by atoms with van der Waals surface area (Å²) in [6.07, 6.45) is 0. The van der Waals surface area contributed by atoms with Crippen molar-refractivity contribution in [3.63, 3.8) is 0 Å². The zero-order valence-electron chi connectivity index (χ0n) is 7.67. The largest absolute Gasteiger partial charge is 0.388 e. The fourth-order valence-corrected chi connectivity index (χ4v) is 0.743. The number of rotatable bonds is 1. The molecule has 0 saturated heterocycles. The highest BCUT2D eigenvalue weighted by molar-refractivity contribution is 6.30. The third-order valence-corrected chi connectivity index (χ3v) is 1.38. The molecule has 0 bridgehead atoms. The van der Waals surface area contributed by atoms with E-state index in [-0.39, 0.29) is 12.4 Å². The molecule has 3 nitrogen and oxygen atoms in total. The molecule has 13 heavy (non-hydrogen) atoms. The maximum absolute atomic E-state index is 5.64. The van der Waals surface area contributed by atoms with Crippen LogP contribution in [0.4, 0.5) is 5.69 Å². The monoisotopic (exact) mass is 223 g/mol. The number of hydrogen-bond donors (Lipinski definition) is 3. The van der Waals surface area contributed by atoms with Gasteiger partial charge in [0, 0.05) is 17.8 Å². The topological polar surface area (TPSA) is 50.1 Å². The van der Waals surface area contributed by atoms with Crippen LogP contribution in [-0.2, 0) is 0 Å². The SMILES string of the molecule is CNN.CNc1ccc(Cl)cc1.Cl. The van der Waals surface area contributed by atoms with Crippen molar-refractivity contribution in [2.45, 2.75) is 0 Å². The molecule has 1 aromatic carbocycles. The molecular weight excluding hydrogens is 209 g/mol. The first-order chi connectivity index (χ1) is 5.74. The van der Waals surface area contributed by atoms with Crippen molar-refractivity contribution < 1.29 is 0 Å². The fraction of sp³-hybridized carbons (Fsp3) is 0.250. The maximum Gasteiger partial charge on any atom is 0.0407 e. The predicted octanol–water partition coefficient (Wildman–Crippen LogP) is 1.88. The lowest BCUT2D eigenvalue weighted by Crippen LogP contribution is -2.13. The molecule has 0 unspecified atom stereocenters. The van der Waals surface area contributed by atoms with Crippen molar-refractivity contribution in [1.82, 2.24) is 5.43 Å². The second kappa shape index (κ2) is 9.61. The normalized spacial score (nSPS) is 7.69. The minimum atomic E-state index is 0. The van der Waals surface area contributed by atoms with E-state index in [9.17, 15) is 0 Å². The van der Waals surface area contributed by atoms with E-state index in [1.54, 1.807) is 7.05 Å². The van der Waals surface area contributed by atoms with Gasteiger partial charge in [-0.15, -0.1) is 12.4 Å². The fourth-order valence-electron chi connectivity index (χ4n) is 0.617. The number of hydrazine groups is 1. The second-order valence-corrected chi connectivity index (χ2v) is 2.48. The minimum absolute atomic E-state index is 0. The van der Waals surface area contributed by atoms with E-state index in [1.807, 2.05) is 31.3 Å². The number of hydrogen-bond acceptors (Lipinski definition) is 3.